The maximum Gasteiger partial charge on any atom is 0.280 e. The Labute approximate surface area is 113 Å². The van der Waals surface area contributed by atoms with Gasteiger partial charge in [-0.3, -0.25) is 9.78 Å². The summed E-state index contributed by atoms with van der Waals surface area (Å²) in [6.07, 6.45) is 0. The Morgan fingerprint density at radius 2 is 2.11 bits per heavy atom. The Kier molecular flexibility index (Phi) is 2.94. The maximum atomic E-state index is 12.0. The third-order valence-corrected chi connectivity index (χ3v) is 3.57. The average molecular weight is 272 g/mol. The zero-order valence-corrected chi connectivity index (χ0v) is 11.4. The van der Waals surface area contributed by atoms with Crippen LogP contribution in [0, 0.1) is 6.92 Å². The molecular weight excluding hydrogens is 260 g/mol. The van der Waals surface area contributed by atoms with Gasteiger partial charge in [-0.05, 0) is 24.8 Å². The Bertz CT molecular complexity index is 828. The van der Waals surface area contributed by atoms with E-state index in [1.807, 2.05) is 32.0 Å². The van der Waals surface area contributed by atoms with Gasteiger partial charge in [0.15, 0.2) is 10.7 Å². The molecule has 0 unspecified atom stereocenters. The average Bonchev–Trinajstić information content (AvgIpc) is 2.39. The molecular formula is C13H12N4OS. The predicted molar refractivity (Wildman–Crippen MR) is 76.6 cm³/mol. The van der Waals surface area contributed by atoms with Crippen LogP contribution in [0.2, 0.25) is 0 Å². The molecule has 0 saturated heterocycles. The van der Waals surface area contributed by atoms with Crippen molar-refractivity contribution in [1.82, 2.24) is 20.2 Å². The molecule has 0 radical (unpaired) electrons. The number of hydrogen-bond acceptors (Lipinski definition) is 5. The Morgan fingerprint density at radius 3 is 2.89 bits per heavy atom. The lowest BCUT2D eigenvalue weighted by Crippen LogP contribution is -2.12. The fourth-order valence-corrected chi connectivity index (χ4v) is 2.56. The molecule has 3 rings (SSSR count). The zero-order valence-electron chi connectivity index (χ0n) is 10.6. The predicted octanol–water partition coefficient (Wildman–Crippen LogP) is 2.29. The van der Waals surface area contributed by atoms with Crippen LogP contribution in [-0.2, 0) is 0 Å². The number of H-pyrrole nitrogens is 1. The lowest BCUT2D eigenvalue weighted by Gasteiger charge is -2.04. The van der Waals surface area contributed by atoms with E-state index in [0.717, 1.165) is 22.2 Å². The molecule has 3 aromatic rings. The van der Waals surface area contributed by atoms with Gasteiger partial charge >= 0.3 is 0 Å². The molecule has 96 valence electrons. The highest BCUT2D eigenvalue weighted by Crippen LogP contribution is 2.21. The summed E-state index contributed by atoms with van der Waals surface area (Å²) in [7, 11) is 0. The molecule has 1 aromatic carbocycles. The fourth-order valence-electron chi connectivity index (χ4n) is 1.96. The third kappa shape index (κ3) is 2.08. The second kappa shape index (κ2) is 4.62. The van der Waals surface area contributed by atoms with E-state index >= 15 is 0 Å². The number of nitrogens with zero attached hydrogens (tertiary/aromatic N) is 3. The molecule has 2 aromatic heterocycles. The van der Waals surface area contributed by atoms with Crippen LogP contribution in [0.15, 0.2) is 28.2 Å². The van der Waals surface area contributed by atoms with Crippen molar-refractivity contribution in [3.05, 3.63) is 34.1 Å². The van der Waals surface area contributed by atoms with E-state index in [1.54, 1.807) is 0 Å². The van der Waals surface area contributed by atoms with Crippen LogP contribution in [0.25, 0.3) is 21.9 Å². The van der Waals surface area contributed by atoms with Crippen molar-refractivity contribution >= 4 is 33.7 Å². The molecule has 19 heavy (non-hydrogen) atoms. The summed E-state index contributed by atoms with van der Waals surface area (Å²) in [5.41, 5.74) is 2.53. The van der Waals surface area contributed by atoms with Crippen molar-refractivity contribution in [3.8, 4) is 0 Å². The molecule has 0 aliphatic carbocycles. The molecule has 0 saturated carbocycles. The molecule has 6 heteroatoms. The monoisotopic (exact) mass is 272 g/mol. The second-order valence-electron chi connectivity index (χ2n) is 4.22. The van der Waals surface area contributed by atoms with Gasteiger partial charge in [0, 0.05) is 5.39 Å². The highest BCUT2D eigenvalue weighted by Gasteiger charge is 2.10. The minimum Gasteiger partial charge on any atom is -0.300 e. The minimum absolute atomic E-state index is 0.239. The molecule has 0 spiro atoms. The summed E-state index contributed by atoms with van der Waals surface area (Å²) in [5.74, 6) is 0.851. The number of thioether (sulfide) groups is 1. The van der Waals surface area contributed by atoms with Crippen molar-refractivity contribution in [2.24, 2.45) is 0 Å². The first-order valence-electron chi connectivity index (χ1n) is 5.99. The van der Waals surface area contributed by atoms with Crippen LogP contribution in [0.5, 0.6) is 0 Å². The van der Waals surface area contributed by atoms with Crippen LogP contribution in [-0.4, -0.2) is 25.9 Å². The van der Waals surface area contributed by atoms with E-state index in [2.05, 4.69) is 20.2 Å². The summed E-state index contributed by atoms with van der Waals surface area (Å²) in [5, 5.41) is 9.54. The van der Waals surface area contributed by atoms with Gasteiger partial charge < -0.3 is 0 Å². The lowest BCUT2D eigenvalue weighted by molar-refractivity contribution is 0.957. The number of benzene rings is 1. The van der Waals surface area contributed by atoms with E-state index in [9.17, 15) is 4.79 Å². The fraction of sp³-hybridized carbons (Fsp3) is 0.231. The number of fused-ring (bicyclic) bond motifs is 3. The van der Waals surface area contributed by atoms with E-state index < -0.39 is 0 Å². The first-order valence-corrected chi connectivity index (χ1v) is 6.97. The summed E-state index contributed by atoms with van der Waals surface area (Å²) in [6.45, 7) is 4.02. The SMILES string of the molecule is CCSc1nc2c(nnc3ccc(C)cc32)c(=O)[nH]1. The Morgan fingerprint density at radius 1 is 1.26 bits per heavy atom. The van der Waals surface area contributed by atoms with Gasteiger partial charge in [0.05, 0.1) is 5.52 Å². The quantitative estimate of drug-likeness (QED) is 0.440. The molecule has 0 aliphatic rings. The van der Waals surface area contributed by atoms with Gasteiger partial charge in [0.25, 0.3) is 5.56 Å². The third-order valence-electron chi connectivity index (χ3n) is 2.82. The summed E-state index contributed by atoms with van der Waals surface area (Å²) < 4.78 is 0. The van der Waals surface area contributed by atoms with E-state index in [0.29, 0.717) is 16.2 Å². The van der Waals surface area contributed by atoms with Crippen LogP contribution < -0.4 is 5.56 Å². The van der Waals surface area contributed by atoms with Gasteiger partial charge in [-0.2, -0.15) is 0 Å². The van der Waals surface area contributed by atoms with Crippen molar-refractivity contribution < 1.29 is 0 Å². The number of nitrogens with one attached hydrogen (secondary N) is 1. The smallest absolute Gasteiger partial charge is 0.280 e. The molecule has 0 amide bonds. The number of hydrogen-bond donors (Lipinski definition) is 1. The van der Waals surface area contributed by atoms with Crippen LogP contribution in [0.1, 0.15) is 12.5 Å². The molecule has 1 N–H and O–H groups in total. The first-order chi connectivity index (χ1) is 9.19. The van der Waals surface area contributed by atoms with Crippen molar-refractivity contribution in [3.63, 3.8) is 0 Å². The maximum absolute atomic E-state index is 12.0. The van der Waals surface area contributed by atoms with Gasteiger partial charge in [0.1, 0.15) is 5.52 Å². The molecule has 0 atom stereocenters. The van der Waals surface area contributed by atoms with Gasteiger partial charge in [-0.15, -0.1) is 10.2 Å². The van der Waals surface area contributed by atoms with Crippen molar-refractivity contribution in [2.45, 2.75) is 19.0 Å². The Balaban J connectivity index is 2.45. The van der Waals surface area contributed by atoms with E-state index in [-0.39, 0.29) is 5.56 Å². The van der Waals surface area contributed by atoms with Crippen LogP contribution in [0.4, 0.5) is 0 Å². The largest absolute Gasteiger partial charge is 0.300 e. The summed E-state index contributed by atoms with van der Waals surface area (Å²) in [6, 6.07) is 5.85. The number of rotatable bonds is 2. The van der Waals surface area contributed by atoms with Crippen LogP contribution >= 0.6 is 11.8 Å². The van der Waals surface area contributed by atoms with Gasteiger partial charge in [0.2, 0.25) is 0 Å². The van der Waals surface area contributed by atoms with Crippen molar-refractivity contribution in [2.75, 3.05) is 5.75 Å². The first kappa shape index (κ1) is 12.1. The number of aryl methyl sites for hydroxylation is 1. The highest BCUT2D eigenvalue weighted by atomic mass is 32.2. The topological polar surface area (TPSA) is 71.5 Å². The van der Waals surface area contributed by atoms with Gasteiger partial charge in [-0.1, -0.05) is 30.3 Å². The van der Waals surface area contributed by atoms with Gasteiger partial charge in [-0.25, -0.2) is 4.98 Å². The lowest BCUT2D eigenvalue weighted by atomic mass is 10.1. The van der Waals surface area contributed by atoms with Crippen LogP contribution in [0.3, 0.4) is 0 Å². The second-order valence-corrected chi connectivity index (χ2v) is 5.47. The van der Waals surface area contributed by atoms with Crippen molar-refractivity contribution in [1.29, 1.82) is 0 Å². The normalized spacial score (nSPS) is 11.3. The minimum atomic E-state index is -0.239. The van der Waals surface area contributed by atoms with E-state index in [1.165, 1.54) is 11.8 Å². The molecule has 0 aliphatic heterocycles. The standard InChI is InChI=1S/C13H12N4OS/c1-3-19-13-14-10-8-6-7(2)4-5-9(8)16-17-11(10)12(18)15-13/h4-6H,3H2,1-2H3,(H,14,15,18). The molecule has 5 nitrogen and oxygen atoms in total. The Hall–Kier alpha value is -1.95. The highest BCUT2D eigenvalue weighted by molar-refractivity contribution is 7.99. The number of aromatic nitrogens is 4. The van der Waals surface area contributed by atoms with E-state index in [4.69, 9.17) is 0 Å². The number of aromatic amines is 1. The molecule has 0 fully saturated rings. The molecule has 2 heterocycles. The zero-order chi connectivity index (χ0) is 13.4. The molecule has 0 bridgehead atoms. The summed E-state index contributed by atoms with van der Waals surface area (Å²) >= 11 is 1.50. The summed E-state index contributed by atoms with van der Waals surface area (Å²) in [4.78, 5) is 19.2.